The number of hydrogen-bond acceptors (Lipinski definition) is 2. The first kappa shape index (κ1) is 12.4. The van der Waals surface area contributed by atoms with Gasteiger partial charge in [0.25, 0.3) is 0 Å². The Labute approximate surface area is 101 Å². The third kappa shape index (κ3) is 2.98. The fourth-order valence-electron chi connectivity index (χ4n) is 3.50. The molecule has 94 valence electrons. The summed E-state index contributed by atoms with van der Waals surface area (Å²) in [4.78, 5) is 2.78. The molecule has 1 aliphatic heterocycles. The average molecular weight is 224 g/mol. The van der Waals surface area contributed by atoms with E-state index in [-0.39, 0.29) is 0 Å². The van der Waals surface area contributed by atoms with Crippen LogP contribution in [0.4, 0.5) is 0 Å². The molecule has 0 amide bonds. The molecule has 16 heavy (non-hydrogen) atoms. The normalized spacial score (nSPS) is 38.2. The standard InChI is InChI=1S/C14H28N2/c1-12-6-5-10-16(11-9-12)14-8-4-3-7-13(14)15-2/h12-15H,3-11H2,1-2H3. The lowest BCUT2D eigenvalue weighted by atomic mass is 9.89. The van der Waals surface area contributed by atoms with Gasteiger partial charge in [-0.15, -0.1) is 0 Å². The van der Waals surface area contributed by atoms with Crippen molar-refractivity contribution in [2.75, 3.05) is 20.1 Å². The predicted octanol–water partition coefficient (Wildman–Crippen LogP) is 2.64. The minimum atomic E-state index is 0.752. The summed E-state index contributed by atoms with van der Waals surface area (Å²) < 4.78 is 0. The number of nitrogens with one attached hydrogen (secondary N) is 1. The largest absolute Gasteiger partial charge is 0.315 e. The molecule has 1 heterocycles. The molecule has 0 radical (unpaired) electrons. The van der Waals surface area contributed by atoms with Crippen LogP contribution in [-0.4, -0.2) is 37.1 Å². The zero-order valence-corrected chi connectivity index (χ0v) is 11.0. The zero-order chi connectivity index (χ0) is 11.4. The van der Waals surface area contributed by atoms with Crippen molar-refractivity contribution in [3.05, 3.63) is 0 Å². The lowest BCUT2D eigenvalue weighted by Crippen LogP contribution is -2.51. The minimum Gasteiger partial charge on any atom is -0.315 e. The smallest absolute Gasteiger partial charge is 0.0249 e. The minimum absolute atomic E-state index is 0.752. The Morgan fingerprint density at radius 2 is 1.75 bits per heavy atom. The van der Waals surface area contributed by atoms with Crippen molar-refractivity contribution < 1.29 is 0 Å². The van der Waals surface area contributed by atoms with Crippen LogP contribution in [0.3, 0.4) is 0 Å². The van der Waals surface area contributed by atoms with Gasteiger partial charge in [-0.2, -0.15) is 0 Å². The molecule has 2 nitrogen and oxygen atoms in total. The van der Waals surface area contributed by atoms with Crippen molar-refractivity contribution in [1.29, 1.82) is 0 Å². The second-order valence-corrected chi connectivity index (χ2v) is 5.82. The molecule has 3 atom stereocenters. The van der Waals surface area contributed by atoms with Crippen molar-refractivity contribution in [2.45, 2.75) is 64.0 Å². The van der Waals surface area contributed by atoms with Crippen LogP contribution in [0.5, 0.6) is 0 Å². The van der Waals surface area contributed by atoms with Gasteiger partial charge < -0.3 is 5.32 Å². The van der Waals surface area contributed by atoms with Gasteiger partial charge in [0.05, 0.1) is 0 Å². The van der Waals surface area contributed by atoms with E-state index in [1.165, 1.54) is 58.0 Å². The van der Waals surface area contributed by atoms with Crippen LogP contribution in [0, 0.1) is 5.92 Å². The van der Waals surface area contributed by atoms with Crippen LogP contribution in [0.1, 0.15) is 51.9 Å². The van der Waals surface area contributed by atoms with Gasteiger partial charge in [0, 0.05) is 12.1 Å². The van der Waals surface area contributed by atoms with Crippen LogP contribution < -0.4 is 5.32 Å². The lowest BCUT2D eigenvalue weighted by molar-refractivity contribution is 0.128. The highest BCUT2D eigenvalue weighted by molar-refractivity contribution is 4.88. The van der Waals surface area contributed by atoms with Crippen molar-refractivity contribution in [3.63, 3.8) is 0 Å². The maximum atomic E-state index is 3.54. The summed E-state index contributed by atoms with van der Waals surface area (Å²) in [7, 11) is 2.14. The second kappa shape index (κ2) is 6.02. The molecule has 0 aromatic rings. The molecule has 2 rings (SSSR count). The molecule has 3 unspecified atom stereocenters. The Morgan fingerprint density at radius 1 is 0.938 bits per heavy atom. The van der Waals surface area contributed by atoms with E-state index < -0.39 is 0 Å². The molecular weight excluding hydrogens is 196 g/mol. The Morgan fingerprint density at radius 3 is 2.56 bits per heavy atom. The first-order chi connectivity index (χ1) is 7.81. The molecule has 2 aliphatic rings. The van der Waals surface area contributed by atoms with Crippen molar-refractivity contribution >= 4 is 0 Å². The quantitative estimate of drug-likeness (QED) is 0.776. The zero-order valence-electron chi connectivity index (χ0n) is 11.0. The van der Waals surface area contributed by atoms with Gasteiger partial charge in [-0.25, -0.2) is 0 Å². The number of likely N-dealkylation sites (tertiary alicyclic amines) is 1. The molecule has 2 fully saturated rings. The number of hydrogen-bond donors (Lipinski definition) is 1. The third-order valence-corrected chi connectivity index (χ3v) is 4.62. The molecule has 0 aromatic heterocycles. The van der Waals surface area contributed by atoms with E-state index in [0.717, 1.165) is 18.0 Å². The number of nitrogens with zero attached hydrogens (tertiary/aromatic N) is 1. The molecule has 1 saturated carbocycles. The van der Waals surface area contributed by atoms with Gasteiger partial charge in [0.15, 0.2) is 0 Å². The van der Waals surface area contributed by atoms with Crippen LogP contribution >= 0.6 is 0 Å². The first-order valence-corrected chi connectivity index (χ1v) is 7.22. The van der Waals surface area contributed by atoms with Gasteiger partial charge >= 0.3 is 0 Å². The third-order valence-electron chi connectivity index (χ3n) is 4.62. The van der Waals surface area contributed by atoms with Crippen molar-refractivity contribution in [1.82, 2.24) is 10.2 Å². The molecule has 0 aromatic carbocycles. The highest BCUT2D eigenvalue weighted by Gasteiger charge is 2.29. The van der Waals surface area contributed by atoms with Gasteiger partial charge in [-0.1, -0.05) is 19.8 Å². The molecule has 0 bridgehead atoms. The maximum absolute atomic E-state index is 3.54. The Kier molecular flexibility index (Phi) is 4.66. The Balaban J connectivity index is 1.93. The van der Waals surface area contributed by atoms with E-state index in [4.69, 9.17) is 0 Å². The number of likely N-dealkylation sites (N-methyl/N-ethyl adjacent to an activating group) is 1. The fraction of sp³-hybridized carbons (Fsp3) is 1.00. The average Bonchev–Trinajstić information content (AvgIpc) is 2.54. The maximum Gasteiger partial charge on any atom is 0.0249 e. The highest BCUT2D eigenvalue weighted by atomic mass is 15.2. The second-order valence-electron chi connectivity index (χ2n) is 5.82. The molecule has 1 saturated heterocycles. The van der Waals surface area contributed by atoms with Crippen LogP contribution in [0.2, 0.25) is 0 Å². The molecular formula is C14H28N2. The summed E-state index contributed by atoms with van der Waals surface area (Å²) >= 11 is 0. The van der Waals surface area contributed by atoms with Crippen LogP contribution in [-0.2, 0) is 0 Å². The van der Waals surface area contributed by atoms with E-state index >= 15 is 0 Å². The summed E-state index contributed by atoms with van der Waals surface area (Å²) in [6.07, 6.45) is 9.92. The summed E-state index contributed by atoms with van der Waals surface area (Å²) in [6.45, 7) is 5.09. The number of rotatable bonds is 2. The molecule has 1 aliphatic carbocycles. The van der Waals surface area contributed by atoms with Gasteiger partial charge in [0.1, 0.15) is 0 Å². The van der Waals surface area contributed by atoms with E-state index in [1.54, 1.807) is 0 Å². The topological polar surface area (TPSA) is 15.3 Å². The summed E-state index contributed by atoms with van der Waals surface area (Å²) in [5, 5.41) is 3.54. The molecule has 0 spiro atoms. The SMILES string of the molecule is CNC1CCCCC1N1CCCC(C)CC1. The monoisotopic (exact) mass is 224 g/mol. The van der Waals surface area contributed by atoms with Crippen molar-refractivity contribution in [3.8, 4) is 0 Å². The van der Waals surface area contributed by atoms with Gasteiger partial charge in [0.2, 0.25) is 0 Å². The molecule has 1 N–H and O–H groups in total. The van der Waals surface area contributed by atoms with Gasteiger partial charge in [-0.05, 0) is 58.2 Å². The Hall–Kier alpha value is -0.0800. The van der Waals surface area contributed by atoms with E-state index in [2.05, 4.69) is 24.2 Å². The van der Waals surface area contributed by atoms with E-state index in [1.807, 2.05) is 0 Å². The molecule has 2 heteroatoms. The van der Waals surface area contributed by atoms with E-state index in [0.29, 0.717) is 0 Å². The Bertz CT molecular complexity index is 205. The van der Waals surface area contributed by atoms with Crippen LogP contribution in [0.25, 0.3) is 0 Å². The summed E-state index contributed by atoms with van der Waals surface area (Å²) in [5.74, 6) is 0.946. The van der Waals surface area contributed by atoms with Crippen LogP contribution in [0.15, 0.2) is 0 Å². The van der Waals surface area contributed by atoms with Crippen molar-refractivity contribution in [2.24, 2.45) is 5.92 Å². The van der Waals surface area contributed by atoms with Gasteiger partial charge in [-0.3, -0.25) is 4.90 Å². The predicted molar refractivity (Wildman–Crippen MR) is 69.7 cm³/mol. The lowest BCUT2D eigenvalue weighted by Gasteiger charge is -2.39. The first-order valence-electron chi connectivity index (χ1n) is 7.22. The highest BCUT2D eigenvalue weighted by Crippen LogP contribution is 2.26. The summed E-state index contributed by atoms with van der Waals surface area (Å²) in [6, 6.07) is 1.58. The fourth-order valence-corrected chi connectivity index (χ4v) is 3.50. The summed E-state index contributed by atoms with van der Waals surface area (Å²) in [5.41, 5.74) is 0. The van der Waals surface area contributed by atoms with E-state index in [9.17, 15) is 0 Å².